The molecular formula is C13H11Cl2NO3S. The van der Waals surface area contributed by atoms with E-state index in [0.717, 1.165) is 0 Å². The van der Waals surface area contributed by atoms with Gasteiger partial charge in [-0.25, -0.2) is 13.4 Å². The molecule has 1 heterocycles. The summed E-state index contributed by atoms with van der Waals surface area (Å²) in [4.78, 5) is 4.10. The number of allylic oxidation sites excluding steroid dienone is 1. The third-order valence-electron chi connectivity index (χ3n) is 2.58. The minimum absolute atomic E-state index is 0.0169. The van der Waals surface area contributed by atoms with Crippen molar-refractivity contribution in [2.24, 2.45) is 0 Å². The van der Waals surface area contributed by atoms with E-state index in [0.29, 0.717) is 23.3 Å². The van der Waals surface area contributed by atoms with Crippen molar-refractivity contribution in [2.75, 3.05) is 6.61 Å². The number of hydrogen-bond acceptors (Lipinski definition) is 4. The van der Waals surface area contributed by atoms with E-state index in [4.69, 9.17) is 27.0 Å². The number of rotatable bonds is 4. The van der Waals surface area contributed by atoms with E-state index in [1.807, 2.05) is 19.1 Å². The molecule has 20 heavy (non-hydrogen) atoms. The van der Waals surface area contributed by atoms with Gasteiger partial charge in [0.25, 0.3) is 9.05 Å². The zero-order valence-corrected chi connectivity index (χ0v) is 12.8. The van der Waals surface area contributed by atoms with Crippen molar-refractivity contribution in [2.45, 2.75) is 11.8 Å². The molecule has 7 heteroatoms. The molecule has 4 nitrogen and oxygen atoms in total. The lowest BCUT2D eigenvalue weighted by Gasteiger charge is -2.09. The minimum Gasteiger partial charge on any atom is -0.487 e. The Morgan fingerprint density at radius 1 is 1.30 bits per heavy atom. The highest BCUT2D eigenvalue weighted by Gasteiger charge is 2.17. The molecule has 1 aromatic heterocycles. The molecule has 0 fully saturated rings. The van der Waals surface area contributed by atoms with Gasteiger partial charge in [0.2, 0.25) is 0 Å². The second-order valence-electron chi connectivity index (χ2n) is 3.91. The van der Waals surface area contributed by atoms with Crippen molar-refractivity contribution in [1.82, 2.24) is 4.98 Å². The number of aromatic nitrogens is 1. The zero-order valence-electron chi connectivity index (χ0n) is 10.5. The second kappa shape index (κ2) is 5.99. The Kier molecular flexibility index (Phi) is 4.52. The van der Waals surface area contributed by atoms with Crippen LogP contribution in [0.5, 0.6) is 5.75 Å². The van der Waals surface area contributed by atoms with Crippen LogP contribution in [0.25, 0.3) is 10.9 Å². The molecule has 0 aliphatic carbocycles. The molecule has 0 saturated heterocycles. The summed E-state index contributed by atoms with van der Waals surface area (Å²) >= 11 is 5.86. The predicted molar refractivity (Wildman–Crippen MR) is 80.1 cm³/mol. The van der Waals surface area contributed by atoms with Crippen molar-refractivity contribution >= 4 is 42.2 Å². The molecule has 0 aliphatic heterocycles. The first-order valence-electron chi connectivity index (χ1n) is 5.71. The lowest BCUT2D eigenvalue weighted by atomic mass is 10.2. The molecule has 0 unspecified atom stereocenters. The van der Waals surface area contributed by atoms with E-state index in [1.165, 1.54) is 18.2 Å². The standard InChI is InChI=1S/C13H11Cl2NO3S/c1-2-3-8-19-10-5-6-11(20(15,17)18)9-4-7-12(14)16-13(9)10/h2-7H,8H2,1H3/b3-2+. The smallest absolute Gasteiger partial charge is 0.261 e. The lowest BCUT2D eigenvalue weighted by molar-refractivity contribution is 0.366. The number of ether oxygens (including phenoxy) is 1. The predicted octanol–water partition coefficient (Wildman–Crippen LogP) is 3.77. The minimum atomic E-state index is -3.86. The van der Waals surface area contributed by atoms with Crippen LogP contribution < -0.4 is 4.74 Å². The van der Waals surface area contributed by atoms with Crippen LogP contribution in [0.4, 0.5) is 0 Å². The fourth-order valence-electron chi connectivity index (χ4n) is 1.71. The quantitative estimate of drug-likeness (QED) is 0.486. The first kappa shape index (κ1) is 15.1. The topological polar surface area (TPSA) is 56.3 Å². The van der Waals surface area contributed by atoms with E-state index in [1.54, 1.807) is 6.07 Å². The Balaban J connectivity index is 2.65. The second-order valence-corrected chi connectivity index (χ2v) is 6.83. The van der Waals surface area contributed by atoms with Gasteiger partial charge in [0.15, 0.2) is 0 Å². The third-order valence-corrected chi connectivity index (χ3v) is 4.17. The molecule has 0 amide bonds. The molecule has 2 aromatic rings. The maximum Gasteiger partial charge on any atom is 0.261 e. The van der Waals surface area contributed by atoms with Gasteiger partial charge in [-0.05, 0) is 31.2 Å². The Bertz CT molecular complexity index is 773. The maximum absolute atomic E-state index is 11.6. The van der Waals surface area contributed by atoms with Gasteiger partial charge >= 0.3 is 0 Å². The average molecular weight is 332 g/mol. The summed E-state index contributed by atoms with van der Waals surface area (Å²) in [5.74, 6) is 0.449. The molecular weight excluding hydrogens is 321 g/mol. The number of fused-ring (bicyclic) bond motifs is 1. The fraction of sp³-hybridized carbons (Fsp3) is 0.154. The number of hydrogen-bond donors (Lipinski definition) is 0. The molecule has 0 saturated carbocycles. The normalized spacial score (nSPS) is 12.2. The summed E-state index contributed by atoms with van der Waals surface area (Å²) in [5.41, 5.74) is 0.365. The Hall–Kier alpha value is -1.30. The van der Waals surface area contributed by atoms with Crippen LogP contribution in [-0.2, 0) is 9.05 Å². The average Bonchev–Trinajstić information content (AvgIpc) is 2.37. The largest absolute Gasteiger partial charge is 0.487 e. The molecule has 1 aromatic carbocycles. The molecule has 0 atom stereocenters. The van der Waals surface area contributed by atoms with E-state index in [9.17, 15) is 8.42 Å². The first-order valence-corrected chi connectivity index (χ1v) is 8.40. The van der Waals surface area contributed by atoms with Gasteiger partial charge in [-0.3, -0.25) is 0 Å². The van der Waals surface area contributed by atoms with Gasteiger partial charge in [0.1, 0.15) is 23.0 Å². The van der Waals surface area contributed by atoms with Crippen molar-refractivity contribution < 1.29 is 13.2 Å². The first-order chi connectivity index (χ1) is 9.43. The lowest BCUT2D eigenvalue weighted by Crippen LogP contribution is -1.99. The number of nitrogens with zero attached hydrogens (tertiary/aromatic N) is 1. The van der Waals surface area contributed by atoms with Gasteiger partial charge in [-0.1, -0.05) is 23.8 Å². The van der Waals surface area contributed by atoms with E-state index in [2.05, 4.69) is 4.98 Å². The van der Waals surface area contributed by atoms with Gasteiger partial charge in [0.05, 0.1) is 4.90 Å². The summed E-state index contributed by atoms with van der Waals surface area (Å²) in [6, 6.07) is 5.98. The van der Waals surface area contributed by atoms with Crippen molar-refractivity contribution in [3.05, 3.63) is 41.6 Å². The van der Waals surface area contributed by atoms with Gasteiger partial charge < -0.3 is 4.74 Å². The summed E-state index contributed by atoms with van der Waals surface area (Å²) < 4.78 is 28.6. The van der Waals surface area contributed by atoms with E-state index < -0.39 is 9.05 Å². The van der Waals surface area contributed by atoms with Gasteiger partial charge in [-0.2, -0.15) is 0 Å². The van der Waals surface area contributed by atoms with Crippen molar-refractivity contribution in [3.63, 3.8) is 0 Å². The SMILES string of the molecule is C/C=C/COc1ccc(S(=O)(=O)Cl)c2ccc(Cl)nc12. The monoisotopic (exact) mass is 331 g/mol. The van der Waals surface area contributed by atoms with Crippen LogP contribution in [0.2, 0.25) is 5.15 Å². The highest BCUT2D eigenvalue weighted by atomic mass is 35.7. The van der Waals surface area contributed by atoms with Crippen molar-refractivity contribution in [1.29, 1.82) is 0 Å². The molecule has 2 rings (SSSR count). The van der Waals surface area contributed by atoms with Crippen LogP contribution >= 0.6 is 22.3 Å². The van der Waals surface area contributed by atoms with Gasteiger partial charge in [-0.15, -0.1) is 0 Å². The summed E-state index contributed by atoms with van der Waals surface area (Å²) in [7, 11) is 1.55. The van der Waals surface area contributed by atoms with Crippen LogP contribution in [0.15, 0.2) is 41.3 Å². The van der Waals surface area contributed by atoms with Crippen LogP contribution in [0.1, 0.15) is 6.92 Å². The molecule has 0 aliphatic rings. The van der Waals surface area contributed by atoms with E-state index >= 15 is 0 Å². The number of halogens is 2. The zero-order chi connectivity index (χ0) is 14.8. The Morgan fingerprint density at radius 2 is 2.05 bits per heavy atom. The van der Waals surface area contributed by atoms with Crippen molar-refractivity contribution in [3.8, 4) is 5.75 Å². The molecule has 106 valence electrons. The number of pyridine rings is 1. The highest BCUT2D eigenvalue weighted by Crippen LogP contribution is 2.32. The summed E-state index contributed by atoms with van der Waals surface area (Å²) in [6.45, 7) is 2.23. The summed E-state index contributed by atoms with van der Waals surface area (Å²) in [6.07, 6.45) is 3.67. The summed E-state index contributed by atoms with van der Waals surface area (Å²) in [5, 5.41) is 0.625. The van der Waals surface area contributed by atoms with Gasteiger partial charge in [0, 0.05) is 16.1 Å². The molecule has 0 spiro atoms. The van der Waals surface area contributed by atoms with Crippen LogP contribution in [0.3, 0.4) is 0 Å². The molecule has 0 radical (unpaired) electrons. The Morgan fingerprint density at radius 3 is 2.70 bits per heavy atom. The maximum atomic E-state index is 11.6. The van der Waals surface area contributed by atoms with E-state index in [-0.39, 0.29) is 10.0 Å². The highest BCUT2D eigenvalue weighted by molar-refractivity contribution is 8.14. The number of benzene rings is 1. The molecule has 0 bridgehead atoms. The van der Waals surface area contributed by atoms with Crippen LogP contribution in [-0.4, -0.2) is 20.0 Å². The third kappa shape index (κ3) is 3.23. The fourth-order valence-corrected chi connectivity index (χ4v) is 2.91. The Labute approximate surface area is 126 Å². The molecule has 0 N–H and O–H groups in total. The van der Waals surface area contributed by atoms with Crippen LogP contribution in [0, 0.1) is 0 Å².